The first kappa shape index (κ1) is 13.6. The molecule has 1 aromatic rings. The van der Waals surface area contributed by atoms with Crippen molar-refractivity contribution in [2.75, 3.05) is 13.7 Å². The number of morpholine rings is 1. The lowest BCUT2D eigenvalue weighted by Crippen LogP contribution is -2.57. The molecule has 3 nitrogen and oxygen atoms in total. The van der Waals surface area contributed by atoms with E-state index in [1.807, 2.05) is 0 Å². The first-order valence-electron chi connectivity index (χ1n) is 8.38. The Labute approximate surface area is 127 Å². The van der Waals surface area contributed by atoms with E-state index in [4.69, 9.17) is 9.47 Å². The summed E-state index contributed by atoms with van der Waals surface area (Å²) in [6.45, 7) is 1.04. The van der Waals surface area contributed by atoms with Gasteiger partial charge >= 0.3 is 0 Å². The van der Waals surface area contributed by atoms with Crippen molar-refractivity contribution in [1.29, 1.82) is 0 Å². The third-order valence-corrected chi connectivity index (χ3v) is 5.58. The molecule has 1 N–H and O–H groups in total. The van der Waals surface area contributed by atoms with Crippen molar-refractivity contribution in [3.8, 4) is 5.75 Å². The fourth-order valence-corrected chi connectivity index (χ4v) is 4.35. The molecule has 1 saturated carbocycles. The summed E-state index contributed by atoms with van der Waals surface area (Å²) in [6, 6.07) is 6.95. The second-order valence-corrected chi connectivity index (χ2v) is 6.87. The Bertz CT molecular complexity index is 522. The molecule has 114 valence electrons. The van der Waals surface area contributed by atoms with Gasteiger partial charge in [0.05, 0.1) is 18.8 Å². The molecule has 2 aliphatic carbocycles. The van der Waals surface area contributed by atoms with Gasteiger partial charge in [0.15, 0.2) is 0 Å². The minimum Gasteiger partial charge on any atom is -0.497 e. The molecule has 21 heavy (non-hydrogen) atoms. The monoisotopic (exact) mass is 287 g/mol. The molecule has 2 atom stereocenters. The third kappa shape index (κ3) is 2.36. The minimum atomic E-state index is 0.0805. The zero-order valence-electron chi connectivity index (χ0n) is 12.9. The van der Waals surface area contributed by atoms with Crippen LogP contribution in [0.25, 0.3) is 0 Å². The van der Waals surface area contributed by atoms with Crippen molar-refractivity contribution in [2.45, 2.75) is 62.7 Å². The topological polar surface area (TPSA) is 30.5 Å². The highest BCUT2D eigenvalue weighted by Gasteiger charge is 2.44. The normalized spacial score (nSPS) is 30.5. The van der Waals surface area contributed by atoms with E-state index >= 15 is 0 Å². The second kappa shape index (κ2) is 5.29. The number of aryl methyl sites for hydroxylation is 1. The van der Waals surface area contributed by atoms with E-state index in [1.165, 1.54) is 49.7 Å². The van der Waals surface area contributed by atoms with Crippen LogP contribution >= 0.6 is 0 Å². The number of hydrogen-bond acceptors (Lipinski definition) is 3. The predicted octanol–water partition coefficient (Wildman–Crippen LogP) is 3.37. The van der Waals surface area contributed by atoms with Gasteiger partial charge in [-0.3, -0.25) is 0 Å². The number of ether oxygens (including phenoxy) is 2. The molecule has 0 radical (unpaired) electrons. The van der Waals surface area contributed by atoms with Crippen LogP contribution in [-0.4, -0.2) is 25.3 Å². The molecule has 0 aromatic heterocycles. The maximum Gasteiger partial charge on any atom is 0.119 e. The summed E-state index contributed by atoms with van der Waals surface area (Å²) in [5.74, 6) is 0.946. The molecular weight excluding hydrogens is 262 g/mol. The van der Waals surface area contributed by atoms with E-state index < -0.39 is 0 Å². The summed E-state index contributed by atoms with van der Waals surface area (Å²) in [5, 5.41) is 3.79. The average Bonchev–Trinajstić information content (AvgIpc) is 2.55. The van der Waals surface area contributed by atoms with Gasteiger partial charge in [-0.25, -0.2) is 0 Å². The quantitative estimate of drug-likeness (QED) is 0.859. The minimum absolute atomic E-state index is 0.0805. The Morgan fingerprint density at radius 1 is 1.24 bits per heavy atom. The summed E-state index contributed by atoms with van der Waals surface area (Å²) in [5.41, 5.74) is 2.87. The van der Waals surface area contributed by atoms with Crippen molar-refractivity contribution in [2.24, 2.45) is 0 Å². The molecule has 1 aromatic carbocycles. The standard InChI is InChI=1S/C18H25NO2/c1-20-14-7-5-13-6-8-16-17(15(13)11-14)21-18(12-19-16)9-3-2-4-10-18/h5,7,11,16-17,19H,2-4,6,8-10,12H2,1H3. The van der Waals surface area contributed by atoms with Crippen LogP contribution in [0.5, 0.6) is 5.75 Å². The average molecular weight is 287 g/mol. The number of benzene rings is 1. The molecule has 3 aliphatic rings. The number of rotatable bonds is 1. The highest BCUT2D eigenvalue weighted by atomic mass is 16.5. The lowest BCUT2D eigenvalue weighted by Gasteiger charge is -2.49. The fourth-order valence-electron chi connectivity index (χ4n) is 4.35. The smallest absolute Gasteiger partial charge is 0.119 e. The molecule has 1 spiro atoms. The summed E-state index contributed by atoms with van der Waals surface area (Å²) < 4.78 is 12.1. The van der Waals surface area contributed by atoms with Gasteiger partial charge in [0.25, 0.3) is 0 Å². The lowest BCUT2D eigenvalue weighted by molar-refractivity contribution is -0.157. The van der Waals surface area contributed by atoms with Crippen LogP contribution in [0, 0.1) is 0 Å². The Hall–Kier alpha value is -1.06. The highest BCUT2D eigenvalue weighted by molar-refractivity contribution is 5.40. The zero-order valence-corrected chi connectivity index (χ0v) is 12.9. The molecule has 4 rings (SSSR count). The first-order chi connectivity index (χ1) is 10.3. The molecular formula is C18H25NO2. The number of fused-ring (bicyclic) bond motifs is 3. The molecule has 1 saturated heterocycles. The number of hydrogen-bond donors (Lipinski definition) is 1. The summed E-state index contributed by atoms with van der Waals surface area (Å²) in [6.07, 6.45) is 8.93. The Morgan fingerprint density at radius 2 is 2.10 bits per heavy atom. The maximum atomic E-state index is 6.73. The molecule has 2 fully saturated rings. The first-order valence-corrected chi connectivity index (χ1v) is 8.38. The lowest BCUT2D eigenvalue weighted by atomic mass is 9.79. The molecule has 3 heteroatoms. The SMILES string of the molecule is COc1ccc2c(c1)C1OC3(CCCCC3)CNC1CC2. The van der Waals surface area contributed by atoms with Crippen molar-refractivity contribution >= 4 is 0 Å². The third-order valence-electron chi connectivity index (χ3n) is 5.58. The molecule has 1 heterocycles. The maximum absolute atomic E-state index is 6.73. The van der Waals surface area contributed by atoms with Crippen LogP contribution in [0.4, 0.5) is 0 Å². The molecule has 0 amide bonds. The zero-order chi connectivity index (χ0) is 14.3. The molecule has 1 aliphatic heterocycles. The van der Waals surface area contributed by atoms with Gasteiger partial charge in [0.1, 0.15) is 5.75 Å². The van der Waals surface area contributed by atoms with Crippen molar-refractivity contribution in [3.63, 3.8) is 0 Å². The van der Waals surface area contributed by atoms with E-state index in [2.05, 4.69) is 23.5 Å². The van der Waals surface area contributed by atoms with E-state index in [1.54, 1.807) is 7.11 Å². The van der Waals surface area contributed by atoms with Gasteiger partial charge in [-0.1, -0.05) is 25.3 Å². The van der Waals surface area contributed by atoms with Gasteiger partial charge in [-0.15, -0.1) is 0 Å². The van der Waals surface area contributed by atoms with Crippen LogP contribution in [-0.2, 0) is 11.2 Å². The highest BCUT2D eigenvalue weighted by Crippen LogP contribution is 2.44. The van der Waals surface area contributed by atoms with Gasteiger partial charge in [0.2, 0.25) is 0 Å². The van der Waals surface area contributed by atoms with E-state index in [-0.39, 0.29) is 11.7 Å². The Balaban J connectivity index is 1.66. The van der Waals surface area contributed by atoms with Crippen LogP contribution in [0.3, 0.4) is 0 Å². The largest absolute Gasteiger partial charge is 0.497 e. The number of methoxy groups -OCH3 is 1. The van der Waals surface area contributed by atoms with Crippen LogP contribution < -0.4 is 10.1 Å². The van der Waals surface area contributed by atoms with Gasteiger partial charge in [-0.2, -0.15) is 0 Å². The Kier molecular flexibility index (Phi) is 3.43. The number of nitrogens with one attached hydrogen (secondary N) is 1. The van der Waals surface area contributed by atoms with Crippen molar-refractivity contribution < 1.29 is 9.47 Å². The molecule has 0 bridgehead atoms. The summed E-state index contributed by atoms with van der Waals surface area (Å²) in [7, 11) is 1.74. The van der Waals surface area contributed by atoms with Crippen LogP contribution in [0.1, 0.15) is 55.8 Å². The van der Waals surface area contributed by atoms with Crippen molar-refractivity contribution in [1.82, 2.24) is 5.32 Å². The van der Waals surface area contributed by atoms with E-state index in [9.17, 15) is 0 Å². The van der Waals surface area contributed by atoms with E-state index in [0.717, 1.165) is 18.7 Å². The summed E-state index contributed by atoms with van der Waals surface area (Å²) in [4.78, 5) is 0. The predicted molar refractivity (Wildman–Crippen MR) is 82.7 cm³/mol. The fraction of sp³-hybridized carbons (Fsp3) is 0.667. The summed E-state index contributed by atoms with van der Waals surface area (Å²) >= 11 is 0. The Morgan fingerprint density at radius 3 is 2.90 bits per heavy atom. The van der Waals surface area contributed by atoms with Gasteiger partial charge in [-0.05, 0) is 48.9 Å². The van der Waals surface area contributed by atoms with E-state index in [0.29, 0.717) is 6.04 Å². The van der Waals surface area contributed by atoms with Crippen LogP contribution in [0.2, 0.25) is 0 Å². The second-order valence-electron chi connectivity index (χ2n) is 6.87. The van der Waals surface area contributed by atoms with Gasteiger partial charge < -0.3 is 14.8 Å². The molecule has 2 unspecified atom stereocenters. The van der Waals surface area contributed by atoms with Crippen molar-refractivity contribution in [3.05, 3.63) is 29.3 Å². The van der Waals surface area contributed by atoms with Gasteiger partial charge in [0, 0.05) is 12.6 Å². The van der Waals surface area contributed by atoms with Crippen LogP contribution in [0.15, 0.2) is 18.2 Å².